The Morgan fingerprint density at radius 3 is 2.48 bits per heavy atom. The SMILES string of the molecule is O=C(NC1CCCC1)c1ccc(Oc2ccc(Cl)cc2[N+](=O)[O-])cc1. The molecule has 0 atom stereocenters. The predicted octanol–water partition coefficient (Wildman–Crippen LogP) is 4.71. The molecule has 3 rings (SSSR count). The molecule has 2 aromatic carbocycles. The van der Waals surface area contributed by atoms with E-state index in [0.29, 0.717) is 11.3 Å². The maximum atomic E-state index is 12.2. The van der Waals surface area contributed by atoms with Gasteiger partial charge >= 0.3 is 5.69 Å². The fourth-order valence-electron chi connectivity index (χ4n) is 2.86. The molecular formula is C18H17ClN2O4. The molecule has 1 aliphatic carbocycles. The van der Waals surface area contributed by atoms with Gasteiger partial charge < -0.3 is 10.1 Å². The molecule has 1 N–H and O–H groups in total. The molecule has 1 aliphatic rings. The summed E-state index contributed by atoms with van der Waals surface area (Å²) < 4.78 is 5.56. The highest BCUT2D eigenvalue weighted by atomic mass is 35.5. The van der Waals surface area contributed by atoms with Crippen LogP contribution in [0.5, 0.6) is 11.5 Å². The Morgan fingerprint density at radius 1 is 1.16 bits per heavy atom. The van der Waals surface area contributed by atoms with Gasteiger partial charge in [0.2, 0.25) is 5.75 Å². The lowest BCUT2D eigenvalue weighted by Crippen LogP contribution is -2.32. The average Bonchev–Trinajstić information content (AvgIpc) is 3.10. The van der Waals surface area contributed by atoms with Crippen molar-refractivity contribution in [2.75, 3.05) is 0 Å². The third kappa shape index (κ3) is 4.28. The molecule has 1 amide bonds. The van der Waals surface area contributed by atoms with Crippen molar-refractivity contribution < 1.29 is 14.5 Å². The van der Waals surface area contributed by atoms with Crippen LogP contribution in [0.25, 0.3) is 0 Å². The normalized spacial score (nSPS) is 14.3. The van der Waals surface area contributed by atoms with Crippen molar-refractivity contribution in [3.63, 3.8) is 0 Å². The molecule has 1 saturated carbocycles. The van der Waals surface area contributed by atoms with Crippen LogP contribution in [0, 0.1) is 10.1 Å². The summed E-state index contributed by atoms with van der Waals surface area (Å²) in [6, 6.07) is 11.0. The zero-order valence-corrected chi connectivity index (χ0v) is 14.2. The second kappa shape index (κ2) is 7.53. The summed E-state index contributed by atoms with van der Waals surface area (Å²) in [7, 11) is 0. The Balaban J connectivity index is 1.70. The quantitative estimate of drug-likeness (QED) is 0.618. The minimum atomic E-state index is -0.551. The molecule has 130 valence electrons. The van der Waals surface area contributed by atoms with E-state index in [0.717, 1.165) is 25.7 Å². The third-order valence-electron chi connectivity index (χ3n) is 4.15. The van der Waals surface area contributed by atoms with Crippen LogP contribution in [-0.4, -0.2) is 16.9 Å². The number of nitrogens with one attached hydrogen (secondary N) is 1. The van der Waals surface area contributed by atoms with Crippen molar-refractivity contribution in [3.05, 3.63) is 63.2 Å². The van der Waals surface area contributed by atoms with E-state index in [9.17, 15) is 14.9 Å². The molecule has 0 bridgehead atoms. The van der Waals surface area contributed by atoms with E-state index >= 15 is 0 Å². The second-order valence-electron chi connectivity index (χ2n) is 5.95. The standard InChI is InChI=1S/C18H17ClN2O4/c19-13-7-10-17(16(11-13)21(23)24)25-15-8-5-12(6-9-15)18(22)20-14-3-1-2-4-14/h5-11,14H,1-4H2,(H,20,22). The Labute approximate surface area is 149 Å². The van der Waals surface area contributed by atoms with Gasteiger partial charge in [0.05, 0.1) is 4.92 Å². The van der Waals surface area contributed by atoms with Crippen molar-refractivity contribution >= 4 is 23.2 Å². The maximum absolute atomic E-state index is 12.2. The van der Waals surface area contributed by atoms with Crippen molar-refractivity contribution in [1.82, 2.24) is 5.32 Å². The Morgan fingerprint density at radius 2 is 1.84 bits per heavy atom. The van der Waals surface area contributed by atoms with Gasteiger partial charge in [-0.25, -0.2) is 0 Å². The van der Waals surface area contributed by atoms with E-state index in [1.165, 1.54) is 18.2 Å². The summed E-state index contributed by atoms with van der Waals surface area (Å²) in [5.74, 6) is 0.385. The van der Waals surface area contributed by atoms with Crippen LogP contribution in [0.1, 0.15) is 36.0 Å². The molecule has 0 aromatic heterocycles. The molecule has 0 saturated heterocycles. The van der Waals surface area contributed by atoms with Gasteiger partial charge in [0.15, 0.2) is 0 Å². The number of rotatable bonds is 5. The highest BCUT2D eigenvalue weighted by molar-refractivity contribution is 6.30. The van der Waals surface area contributed by atoms with E-state index in [-0.39, 0.29) is 28.4 Å². The largest absolute Gasteiger partial charge is 0.450 e. The van der Waals surface area contributed by atoms with Gasteiger partial charge in [-0.2, -0.15) is 0 Å². The monoisotopic (exact) mass is 360 g/mol. The molecule has 1 fully saturated rings. The summed E-state index contributed by atoms with van der Waals surface area (Å²) >= 11 is 5.78. The summed E-state index contributed by atoms with van der Waals surface area (Å²) in [5.41, 5.74) is 0.320. The number of benzene rings is 2. The van der Waals surface area contributed by atoms with Crippen LogP contribution in [0.4, 0.5) is 5.69 Å². The first kappa shape index (κ1) is 17.2. The zero-order chi connectivity index (χ0) is 17.8. The van der Waals surface area contributed by atoms with Crippen molar-refractivity contribution in [3.8, 4) is 11.5 Å². The summed E-state index contributed by atoms with van der Waals surface area (Å²) in [6.45, 7) is 0. The average molecular weight is 361 g/mol. The summed E-state index contributed by atoms with van der Waals surface area (Å²) in [6.07, 6.45) is 4.34. The highest BCUT2D eigenvalue weighted by Crippen LogP contribution is 2.33. The number of carbonyl (C=O) groups is 1. The van der Waals surface area contributed by atoms with E-state index < -0.39 is 4.92 Å². The van der Waals surface area contributed by atoms with Crippen LogP contribution >= 0.6 is 11.6 Å². The number of nitro benzene ring substituents is 1. The van der Waals surface area contributed by atoms with Crippen LogP contribution < -0.4 is 10.1 Å². The van der Waals surface area contributed by atoms with Gasteiger partial charge in [0.1, 0.15) is 5.75 Å². The molecule has 0 spiro atoms. The van der Waals surface area contributed by atoms with Gasteiger partial charge in [-0.3, -0.25) is 14.9 Å². The lowest BCUT2D eigenvalue weighted by atomic mass is 10.1. The number of amides is 1. The van der Waals surface area contributed by atoms with Crippen LogP contribution in [-0.2, 0) is 0 Å². The fourth-order valence-corrected chi connectivity index (χ4v) is 3.03. The van der Waals surface area contributed by atoms with E-state index in [2.05, 4.69) is 5.32 Å². The van der Waals surface area contributed by atoms with Gasteiger partial charge in [-0.15, -0.1) is 0 Å². The maximum Gasteiger partial charge on any atom is 0.313 e. The lowest BCUT2D eigenvalue weighted by Gasteiger charge is -2.12. The molecular weight excluding hydrogens is 344 g/mol. The third-order valence-corrected chi connectivity index (χ3v) is 4.39. The summed E-state index contributed by atoms with van der Waals surface area (Å²) in [5, 5.41) is 14.4. The van der Waals surface area contributed by atoms with Crippen molar-refractivity contribution in [2.45, 2.75) is 31.7 Å². The van der Waals surface area contributed by atoms with Crippen LogP contribution in [0.15, 0.2) is 42.5 Å². The summed E-state index contributed by atoms with van der Waals surface area (Å²) in [4.78, 5) is 22.7. The topological polar surface area (TPSA) is 81.5 Å². The number of hydrogen-bond acceptors (Lipinski definition) is 4. The first-order valence-electron chi connectivity index (χ1n) is 8.05. The number of nitrogens with zero attached hydrogens (tertiary/aromatic N) is 1. The molecule has 25 heavy (non-hydrogen) atoms. The van der Waals surface area contributed by atoms with E-state index in [4.69, 9.17) is 16.3 Å². The Bertz CT molecular complexity index is 786. The van der Waals surface area contributed by atoms with Gasteiger partial charge in [0.25, 0.3) is 5.91 Å². The van der Waals surface area contributed by atoms with Crippen LogP contribution in [0.3, 0.4) is 0 Å². The van der Waals surface area contributed by atoms with Gasteiger partial charge in [0, 0.05) is 22.7 Å². The molecule has 0 aliphatic heterocycles. The number of halogens is 1. The predicted molar refractivity (Wildman–Crippen MR) is 94.3 cm³/mol. The van der Waals surface area contributed by atoms with Gasteiger partial charge in [-0.1, -0.05) is 24.4 Å². The first-order chi connectivity index (χ1) is 12.0. The highest BCUT2D eigenvalue weighted by Gasteiger charge is 2.19. The zero-order valence-electron chi connectivity index (χ0n) is 13.4. The molecule has 0 unspecified atom stereocenters. The van der Waals surface area contributed by atoms with Crippen molar-refractivity contribution in [1.29, 1.82) is 0 Å². The smallest absolute Gasteiger partial charge is 0.313 e. The molecule has 2 aromatic rings. The molecule has 6 nitrogen and oxygen atoms in total. The fraction of sp³-hybridized carbons (Fsp3) is 0.278. The number of ether oxygens (including phenoxy) is 1. The number of nitro groups is 1. The Kier molecular flexibility index (Phi) is 5.19. The van der Waals surface area contributed by atoms with E-state index in [1.54, 1.807) is 24.3 Å². The minimum Gasteiger partial charge on any atom is -0.450 e. The van der Waals surface area contributed by atoms with Gasteiger partial charge in [-0.05, 0) is 49.2 Å². The van der Waals surface area contributed by atoms with E-state index in [1.807, 2.05) is 0 Å². The first-order valence-corrected chi connectivity index (χ1v) is 8.43. The molecule has 0 radical (unpaired) electrons. The number of carbonyl (C=O) groups excluding carboxylic acids is 1. The molecule has 7 heteroatoms. The van der Waals surface area contributed by atoms with Crippen molar-refractivity contribution in [2.24, 2.45) is 0 Å². The molecule has 0 heterocycles. The lowest BCUT2D eigenvalue weighted by molar-refractivity contribution is -0.385. The van der Waals surface area contributed by atoms with Crippen LogP contribution in [0.2, 0.25) is 5.02 Å². The second-order valence-corrected chi connectivity index (χ2v) is 6.39. The Hall–Kier alpha value is -2.60. The number of hydrogen-bond donors (Lipinski definition) is 1. The minimum absolute atomic E-state index is 0.0950.